The highest BCUT2D eigenvalue weighted by atomic mass is 32.1. The van der Waals surface area contributed by atoms with E-state index in [1.807, 2.05) is 25.3 Å². The molecule has 0 aromatic carbocycles. The highest BCUT2D eigenvalue weighted by Gasteiger charge is 2.14. The number of nitrogens with one attached hydrogen (secondary N) is 1. The van der Waals surface area contributed by atoms with Gasteiger partial charge in [-0.05, 0) is 38.3 Å². The van der Waals surface area contributed by atoms with Crippen LogP contribution < -0.4 is 10.2 Å². The molecule has 3 rings (SSSR count). The van der Waals surface area contributed by atoms with Crippen LogP contribution in [-0.4, -0.2) is 29.0 Å². The van der Waals surface area contributed by atoms with E-state index in [4.69, 9.17) is 0 Å². The van der Waals surface area contributed by atoms with E-state index >= 15 is 0 Å². The summed E-state index contributed by atoms with van der Waals surface area (Å²) in [7, 11) is 0. The second-order valence-corrected chi connectivity index (χ2v) is 6.03. The third-order valence-corrected chi connectivity index (χ3v) is 4.59. The molecule has 1 saturated heterocycles. The van der Waals surface area contributed by atoms with E-state index in [2.05, 4.69) is 20.2 Å². The Hall–Kier alpha value is -1.95. The summed E-state index contributed by atoms with van der Waals surface area (Å²) >= 11 is 1.34. The van der Waals surface area contributed by atoms with Crippen molar-refractivity contribution in [1.29, 1.82) is 0 Å². The molecule has 2 aromatic rings. The molecule has 1 N–H and O–H groups in total. The SMILES string of the molecule is Cc1ncsc1C(=O)Nc1ccc(N2CCCCC2)cn1. The van der Waals surface area contributed by atoms with Gasteiger partial charge in [0, 0.05) is 13.1 Å². The van der Waals surface area contributed by atoms with Crippen molar-refractivity contribution in [3.63, 3.8) is 0 Å². The molecule has 1 aliphatic rings. The molecule has 0 spiro atoms. The lowest BCUT2D eigenvalue weighted by molar-refractivity contribution is 0.102. The number of carbonyl (C=O) groups excluding carboxylic acids is 1. The van der Waals surface area contributed by atoms with E-state index in [1.165, 1.54) is 30.6 Å². The number of hydrogen-bond acceptors (Lipinski definition) is 5. The van der Waals surface area contributed by atoms with Crippen LogP contribution in [0.2, 0.25) is 0 Å². The molecule has 1 fully saturated rings. The first kappa shape index (κ1) is 14.0. The summed E-state index contributed by atoms with van der Waals surface area (Å²) in [6.07, 6.45) is 5.62. The van der Waals surface area contributed by atoms with E-state index in [0.717, 1.165) is 24.5 Å². The van der Waals surface area contributed by atoms with Gasteiger partial charge in [0.15, 0.2) is 0 Å². The topological polar surface area (TPSA) is 58.1 Å². The number of piperidine rings is 1. The Morgan fingerprint density at radius 1 is 1.24 bits per heavy atom. The van der Waals surface area contributed by atoms with Crippen LogP contribution in [0.3, 0.4) is 0 Å². The standard InChI is InChI=1S/C15H18N4OS/c1-11-14(21-10-17-11)15(20)18-13-6-5-12(9-16-13)19-7-3-2-4-8-19/h5-6,9-10H,2-4,7-8H2,1H3,(H,16,18,20). The average Bonchev–Trinajstić information content (AvgIpc) is 2.95. The van der Waals surface area contributed by atoms with Gasteiger partial charge in [0.2, 0.25) is 0 Å². The molecule has 0 saturated carbocycles. The van der Waals surface area contributed by atoms with Crippen molar-refractivity contribution in [2.45, 2.75) is 26.2 Å². The third kappa shape index (κ3) is 3.21. The fourth-order valence-electron chi connectivity index (χ4n) is 2.49. The molecule has 0 atom stereocenters. The number of aromatic nitrogens is 2. The number of anilines is 2. The van der Waals surface area contributed by atoms with Gasteiger partial charge in [0.05, 0.1) is 23.1 Å². The van der Waals surface area contributed by atoms with Crippen LogP contribution in [0.15, 0.2) is 23.8 Å². The van der Waals surface area contributed by atoms with Gasteiger partial charge in [-0.15, -0.1) is 11.3 Å². The minimum absolute atomic E-state index is 0.145. The van der Waals surface area contributed by atoms with Gasteiger partial charge in [0.1, 0.15) is 10.7 Å². The van der Waals surface area contributed by atoms with E-state index < -0.39 is 0 Å². The van der Waals surface area contributed by atoms with Gasteiger partial charge in [-0.25, -0.2) is 9.97 Å². The van der Waals surface area contributed by atoms with Crippen molar-refractivity contribution in [2.75, 3.05) is 23.3 Å². The molecule has 110 valence electrons. The Labute approximate surface area is 128 Å². The van der Waals surface area contributed by atoms with Gasteiger partial charge < -0.3 is 10.2 Å². The Balaban J connectivity index is 1.67. The molecular weight excluding hydrogens is 284 g/mol. The molecule has 3 heterocycles. The zero-order valence-corrected chi connectivity index (χ0v) is 12.8. The van der Waals surface area contributed by atoms with Crippen molar-refractivity contribution in [3.8, 4) is 0 Å². The van der Waals surface area contributed by atoms with Gasteiger partial charge in [-0.2, -0.15) is 0 Å². The first-order valence-corrected chi connectivity index (χ1v) is 8.04. The summed E-state index contributed by atoms with van der Waals surface area (Å²) in [5, 5.41) is 2.82. The lowest BCUT2D eigenvalue weighted by Gasteiger charge is -2.28. The molecule has 5 nitrogen and oxygen atoms in total. The number of thiazole rings is 1. The summed E-state index contributed by atoms with van der Waals surface area (Å²) in [6, 6.07) is 3.88. The number of nitrogens with zero attached hydrogens (tertiary/aromatic N) is 3. The van der Waals surface area contributed by atoms with Gasteiger partial charge >= 0.3 is 0 Å². The van der Waals surface area contributed by atoms with Gasteiger partial charge in [0.25, 0.3) is 5.91 Å². The molecular formula is C15H18N4OS. The van der Waals surface area contributed by atoms with Crippen LogP contribution in [0.25, 0.3) is 0 Å². The van der Waals surface area contributed by atoms with Crippen LogP contribution in [0.4, 0.5) is 11.5 Å². The Morgan fingerprint density at radius 2 is 2.05 bits per heavy atom. The van der Waals surface area contributed by atoms with Crippen LogP contribution in [-0.2, 0) is 0 Å². The summed E-state index contributed by atoms with van der Waals surface area (Å²) < 4.78 is 0. The lowest BCUT2D eigenvalue weighted by atomic mass is 10.1. The van der Waals surface area contributed by atoms with E-state index in [1.54, 1.807) is 5.51 Å². The van der Waals surface area contributed by atoms with Crippen molar-refractivity contribution in [2.24, 2.45) is 0 Å². The third-order valence-electron chi connectivity index (χ3n) is 3.66. The summed E-state index contributed by atoms with van der Waals surface area (Å²) in [5.41, 5.74) is 3.56. The smallest absolute Gasteiger partial charge is 0.268 e. The molecule has 2 aromatic heterocycles. The fraction of sp³-hybridized carbons (Fsp3) is 0.400. The van der Waals surface area contributed by atoms with Crippen LogP contribution in [0.1, 0.15) is 34.6 Å². The zero-order valence-electron chi connectivity index (χ0n) is 12.0. The Kier molecular flexibility index (Phi) is 4.15. The van der Waals surface area contributed by atoms with Gasteiger partial charge in [-0.1, -0.05) is 0 Å². The summed E-state index contributed by atoms with van der Waals surface area (Å²) in [5.74, 6) is 0.432. The summed E-state index contributed by atoms with van der Waals surface area (Å²) in [6.45, 7) is 4.01. The Morgan fingerprint density at radius 3 is 2.67 bits per heavy atom. The summed E-state index contributed by atoms with van der Waals surface area (Å²) in [4.78, 5) is 23.5. The zero-order chi connectivity index (χ0) is 14.7. The number of carbonyl (C=O) groups is 1. The molecule has 1 aliphatic heterocycles. The normalized spacial score (nSPS) is 15.0. The molecule has 1 amide bonds. The van der Waals surface area contributed by atoms with Crippen molar-refractivity contribution in [1.82, 2.24) is 9.97 Å². The van der Waals surface area contributed by atoms with E-state index in [9.17, 15) is 4.79 Å². The fourth-order valence-corrected chi connectivity index (χ4v) is 3.19. The van der Waals surface area contributed by atoms with Crippen molar-refractivity contribution >= 4 is 28.7 Å². The maximum atomic E-state index is 12.1. The predicted molar refractivity (Wildman–Crippen MR) is 85.1 cm³/mol. The number of rotatable bonds is 3. The number of hydrogen-bond donors (Lipinski definition) is 1. The maximum absolute atomic E-state index is 12.1. The maximum Gasteiger partial charge on any atom is 0.268 e. The highest BCUT2D eigenvalue weighted by Crippen LogP contribution is 2.20. The van der Waals surface area contributed by atoms with Crippen molar-refractivity contribution in [3.05, 3.63) is 34.4 Å². The van der Waals surface area contributed by atoms with Gasteiger partial charge in [-0.3, -0.25) is 4.79 Å². The van der Waals surface area contributed by atoms with E-state index in [-0.39, 0.29) is 5.91 Å². The second kappa shape index (κ2) is 6.22. The van der Waals surface area contributed by atoms with Crippen LogP contribution in [0.5, 0.6) is 0 Å². The van der Waals surface area contributed by atoms with Crippen LogP contribution in [0, 0.1) is 6.92 Å². The Bertz CT molecular complexity index is 617. The molecule has 6 heteroatoms. The van der Waals surface area contributed by atoms with E-state index in [0.29, 0.717) is 10.7 Å². The quantitative estimate of drug-likeness (QED) is 0.946. The number of pyridine rings is 1. The minimum atomic E-state index is -0.145. The largest absolute Gasteiger partial charge is 0.370 e. The minimum Gasteiger partial charge on any atom is -0.370 e. The number of aryl methyl sites for hydroxylation is 1. The second-order valence-electron chi connectivity index (χ2n) is 5.17. The molecule has 0 aliphatic carbocycles. The van der Waals surface area contributed by atoms with Crippen LogP contribution >= 0.6 is 11.3 Å². The predicted octanol–water partition coefficient (Wildman–Crippen LogP) is 3.09. The average molecular weight is 302 g/mol. The molecule has 0 bridgehead atoms. The lowest BCUT2D eigenvalue weighted by Crippen LogP contribution is -2.29. The monoisotopic (exact) mass is 302 g/mol. The first-order valence-electron chi connectivity index (χ1n) is 7.16. The molecule has 0 unspecified atom stereocenters. The number of amides is 1. The highest BCUT2D eigenvalue weighted by molar-refractivity contribution is 7.12. The first-order chi connectivity index (χ1) is 10.2. The molecule has 21 heavy (non-hydrogen) atoms. The molecule has 0 radical (unpaired) electrons. The van der Waals surface area contributed by atoms with Crippen molar-refractivity contribution < 1.29 is 4.79 Å².